The molecule has 0 radical (unpaired) electrons. The number of hydrogen-bond donors (Lipinski definition) is 0. The second-order valence-corrected chi connectivity index (χ2v) is 7.60. The number of likely N-dealkylation sites (tertiary alicyclic amines) is 1. The molecule has 1 aromatic carbocycles. The summed E-state index contributed by atoms with van der Waals surface area (Å²) in [7, 11) is 0. The molecular weight excluding hydrogens is 338 g/mol. The van der Waals surface area contributed by atoms with Gasteiger partial charge in [-0.1, -0.05) is 12.1 Å². The fourth-order valence-corrected chi connectivity index (χ4v) is 4.10. The normalized spacial score (nSPS) is 17.8. The van der Waals surface area contributed by atoms with E-state index in [4.69, 9.17) is 4.98 Å². The summed E-state index contributed by atoms with van der Waals surface area (Å²) >= 11 is 0. The first-order chi connectivity index (χ1) is 13.1. The van der Waals surface area contributed by atoms with Gasteiger partial charge in [-0.2, -0.15) is 5.10 Å². The first-order valence-corrected chi connectivity index (χ1v) is 9.87. The van der Waals surface area contributed by atoms with Crippen LogP contribution in [0.15, 0.2) is 36.7 Å². The number of para-hydroxylation sites is 2. The molecule has 3 heterocycles. The number of benzene rings is 1. The molecule has 1 amide bonds. The number of nitrogens with zero attached hydrogens (tertiary/aromatic N) is 5. The molecule has 0 saturated carbocycles. The third-order valence-corrected chi connectivity index (χ3v) is 5.42. The molecule has 27 heavy (non-hydrogen) atoms. The number of aromatic nitrogens is 4. The molecule has 1 atom stereocenters. The summed E-state index contributed by atoms with van der Waals surface area (Å²) in [6, 6.07) is 8.64. The summed E-state index contributed by atoms with van der Waals surface area (Å²) < 4.78 is 4.13. The van der Waals surface area contributed by atoms with Crippen molar-refractivity contribution in [2.24, 2.45) is 0 Å². The number of rotatable bonds is 4. The van der Waals surface area contributed by atoms with Crippen LogP contribution in [0.5, 0.6) is 0 Å². The van der Waals surface area contributed by atoms with Gasteiger partial charge in [-0.15, -0.1) is 0 Å². The summed E-state index contributed by atoms with van der Waals surface area (Å²) in [5, 5.41) is 4.25. The van der Waals surface area contributed by atoms with Gasteiger partial charge in [0.05, 0.1) is 22.8 Å². The highest BCUT2D eigenvalue weighted by molar-refractivity contribution is 5.93. The van der Waals surface area contributed by atoms with Crippen molar-refractivity contribution in [3.05, 3.63) is 48.0 Å². The van der Waals surface area contributed by atoms with E-state index < -0.39 is 0 Å². The molecule has 0 N–H and O–H groups in total. The number of hydrogen-bond acceptors (Lipinski definition) is 3. The minimum absolute atomic E-state index is 0.0756. The van der Waals surface area contributed by atoms with E-state index in [0.29, 0.717) is 18.2 Å². The number of fused-ring (bicyclic) bond motifs is 1. The van der Waals surface area contributed by atoms with Gasteiger partial charge in [-0.25, -0.2) is 4.98 Å². The van der Waals surface area contributed by atoms with Gasteiger partial charge in [0, 0.05) is 37.8 Å². The van der Waals surface area contributed by atoms with Gasteiger partial charge in [0.2, 0.25) is 0 Å². The molecule has 1 saturated heterocycles. The summed E-state index contributed by atoms with van der Waals surface area (Å²) in [6.07, 6.45) is 5.59. The van der Waals surface area contributed by atoms with E-state index in [1.54, 1.807) is 10.9 Å². The first-order valence-electron chi connectivity index (χ1n) is 9.87. The Balaban J connectivity index is 1.62. The van der Waals surface area contributed by atoms with E-state index in [0.717, 1.165) is 37.3 Å². The van der Waals surface area contributed by atoms with Crippen LogP contribution in [-0.2, 0) is 6.54 Å². The second-order valence-electron chi connectivity index (χ2n) is 7.60. The summed E-state index contributed by atoms with van der Waals surface area (Å²) in [5.41, 5.74) is 2.89. The lowest BCUT2D eigenvalue weighted by atomic mass is 9.96. The van der Waals surface area contributed by atoms with Gasteiger partial charge in [0.15, 0.2) is 0 Å². The molecule has 0 bridgehead atoms. The Morgan fingerprint density at radius 3 is 2.85 bits per heavy atom. The van der Waals surface area contributed by atoms with Crippen molar-refractivity contribution in [2.45, 2.75) is 52.1 Å². The minimum Gasteiger partial charge on any atom is -0.338 e. The van der Waals surface area contributed by atoms with Gasteiger partial charge in [0.1, 0.15) is 5.82 Å². The van der Waals surface area contributed by atoms with E-state index in [9.17, 15) is 4.79 Å². The Morgan fingerprint density at radius 1 is 1.30 bits per heavy atom. The Labute approximate surface area is 159 Å². The van der Waals surface area contributed by atoms with Crippen LogP contribution in [0.2, 0.25) is 0 Å². The average Bonchev–Trinajstić information content (AvgIpc) is 3.32. The standard InChI is InChI=1S/C21H27N5O/c1-4-25-14-17(12-22-25)21(27)24-11-7-8-16(13-24)20-23-18-9-5-6-10-19(18)26(20)15(2)3/h5-6,9-10,12,14-16H,4,7-8,11,13H2,1-3H3. The quantitative estimate of drug-likeness (QED) is 0.705. The SMILES string of the molecule is CCn1cc(C(=O)N2CCCC(c3nc4ccccc4n3C(C)C)C2)cn1. The maximum Gasteiger partial charge on any atom is 0.257 e. The van der Waals surface area contributed by atoms with E-state index in [-0.39, 0.29) is 11.8 Å². The molecule has 0 spiro atoms. The molecule has 6 heteroatoms. The monoisotopic (exact) mass is 365 g/mol. The van der Waals surface area contributed by atoms with Crippen molar-refractivity contribution in [3.63, 3.8) is 0 Å². The van der Waals surface area contributed by atoms with Crippen LogP contribution in [-0.4, -0.2) is 43.2 Å². The van der Waals surface area contributed by atoms with Crippen LogP contribution in [0.1, 0.15) is 61.8 Å². The van der Waals surface area contributed by atoms with Crippen LogP contribution in [0.25, 0.3) is 11.0 Å². The van der Waals surface area contributed by atoms with Crippen LogP contribution in [0.4, 0.5) is 0 Å². The van der Waals surface area contributed by atoms with Crippen LogP contribution in [0.3, 0.4) is 0 Å². The van der Waals surface area contributed by atoms with Crippen molar-refractivity contribution >= 4 is 16.9 Å². The lowest BCUT2D eigenvalue weighted by Crippen LogP contribution is -2.39. The molecular formula is C21H27N5O. The molecule has 0 aliphatic carbocycles. The van der Waals surface area contributed by atoms with Crippen molar-refractivity contribution in [2.75, 3.05) is 13.1 Å². The van der Waals surface area contributed by atoms with Crippen molar-refractivity contribution in [3.8, 4) is 0 Å². The first kappa shape index (κ1) is 17.8. The molecule has 1 fully saturated rings. The van der Waals surface area contributed by atoms with Crippen molar-refractivity contribution in [1.82, 2.24) is 24.2 Å². The Bertz CT molecular complexity index is 955. The van der Waals surface area contributed by atoms with Gasteiger partial charge in [-0.3, -0.25) is 9.48 Å². The predicted molar refractivity (Wildman–Crippen MR) is 106 cm³/mol. The van der Waals surface area contributed by atoms with Crippen LogP contribution in [0, 0.1) is 0 Å². The molecule has 6 nitrogen and oxygen atoms in total. The van der Waals surface area contributed by atoms with Crippen LogP contribution >= 0.6 is 0 Å². The molecule has 1 unspecified atom stereocenters. The molecule has 3 aromatic rings. The minimum atomic E-state index is 0.0756. The van der Waals surface area contributed by atoms with Crippen LogP contribution < -0.4 is 0 Å². The Morgan fingerprint density at radius 2 is 2.11 bits per heavy atom. The number of piperidine rings is 1. The summed E-state index contributed by atoms with van der Waals surface area (Å²) in [6.45, 7) is 8.70. The maximum absolute atomic E-state index is 12.9. The zero-order valence-corrected chi connectivity index (χ0v) is 16.3. The van der Waals surface area contributed by atoms with Gasteiger partial charge in [0.25, 0.3) is 5.91 Å². The van der Waals surface area contributed by atoms with Crippen molar-refractivity contribution in [1.29, 1.82) is 0 Å². The smallest absolute Gasteiger partial charge is 0.257 e. The largest absolute Gasteiger partial charge is 0.338 e. The second kappa shape index (κ2) is 7.18. The molecule has 1 aliphatic rings. The third kappa shape index (κ3) is 3.24. The van der Waals surface area contributed by atoms with Gasteiger partial charge < -0.3 is 9.47 Å². The highest BCUT2D eigenvalue weighted by atomic mass is 16.2. The predicted octanol–water partition coefficient (Wildman–Crippen LogP) is 3.85. The Hall–Kier alpha value is -2.63. The Kier molecular flexibility index (Phi) is 4.72. The van der Waals surface area contributed by atoms with E-state index in [1.165, 1.54) is 5.52 Å². The maximum atomic E-state index is 12.9. The zero-order valence-electron chi connectivity index (χ0n) is 16.3. The van der Waals surface area contributed by atoms with E-state index in [1.807, 2.05) is 24.1 Å². The lowest BCUT2D eigenvalue weighted by molar-refractivity contribution is 0.0703. The number of carbonyl (C=O) groups excluding carboxylic acids is 1. The van der Waals surface area contributed by atoms with E-state index in [2.05, 4.69) is 41.7 Å². The topological polar surface area (TPSA) is 56.0 Å². The number of aryl methyl sites for hydroxylation is 1. The summed E-state index contributed by atoms with van der Waals surface area (Å²) in [5.74, 6) is 1.44. The van der Waals surface area contributed by atoms with Gasteiger partial charge >= 0.3 is 0 Å². The fraction of sp³-hybridized carbons (Fsp3) is 0.476. The molecule has 4 rings (SSSR count). The number of imidazole rings is 1. The van der Waals surface area contributed by atoms with Crippen molar-refractivity contribution < 1.29 is 4.79 Å². The average molecular weight is 365 g/mol. The van der Waals surface area contributed by atoms with Gasteiger partial charge in [-0.05, 0) is 45.7 Å². The highest BCUT2D eigenvalue weighted by Crippen LogP contribution is 2.32. The zero-order chi connectivity index (χ0) is 19.0. The highest BCUT2D eigenvalue weighted by Gasteiger charge is 2.30. The number of carbonyl (C=O) groups is 1. The molecule has 142 valence electrons. The summed E-state index contributed by atoms with van der Waals surface area (Å²) in [4.78, 5) is 19.9. The number of amides is 1. The molecule has 2 aromatic heterocycles. The third-order valence-electron chi connectivity index (χ3n) is 5.42. The lowest BCUT2D eigenvalue weighted by Gasteiger charge is -2.33. The fourth-order valence-electron chi connectivity index (χ4n) is 4.10. The van der Waals surface area contributed by atoms with E-state index >= 15 is 0 Å². The molecule has 1 aliphatic heterocycles.